The number of fused-ring (bicyclic) bond motifs is 1. The molecule has 0 spiro atoms. The van der Waals surface area contributed by atoms with Crippen LogP contribution >= 0.6 is 15.9 Å². The number of hydrogen-bond donors (Lipinski definition) is 0. The molecule has 1 fully saturated rings. The van der Waals surface area contributed by atoms with Crippen molar-refractivity contribution in [1.29, 1.82) is 0 Å². The molecule has 0 aliphatic heterocycles. The van der Waals surface area contributed by atoms with Crippen molar-refractivity contribution >= 4 is 32.5 Å². The highest BCUT2D eigenvalue weighted by Crippen LogP contribution is 2.37. The first-order valence-corrected chi connectivity index (χ1v) is 12.2. The van der Waals surface area contributed by atoms with Gasteiger partial charge in [0.15, 0.2) is 5.76 Å². The van der Waals surface area contributed by atoms with E-state index in [0.717, 1.165) is 39.1 Å². The average molecular weight is 486 g/mol. The van der Waals surface area contributed by atoms with Gasteiger partial charge in [-0.25, -0.2) is 9.97 Å². The van der Waals surface area contributed by atoms with E-state index in [4.69, 9.17) is 9.40 Å². The summed E-state index contributed by atoms with van der Waals surface area (Å²) in [7, 11) is 0. The van der Waals surface area contributed by atoms with Crippen LogP contribution in [0.3, 0.4) is 0 Å². The molecule has 4 nitrogen and oxygen atoms in total. The molecule has 0 unspecified atom stereocenters. The van der Waals surface area contributed by atoms with Crippen LogP contribution in [-0.4, -0.2) is 14.5 Å². The fourth-order valence-electron chi connectivity index (χ4n) is 4.92. The van der Waals surface area contributed by atoms with E-state index in [-0.39, 0.29) is 0 Å². The topological polar surface area (TPSA) is 43.9 Å². The van der Waals surface area contributed by atoms with Gasteiger partial charge in [0.25, 0.3) is 0 Å². The summed E-state index contributed by atoms with van der Waals surface area (Å²) < 4.78 is 9.65. The van der Waals surface area contributed by atoms with Gasteiger partial charge in [-0.3, -0.25) is 0 Å². The first-order valence-electron chi connectivity index (χ1n) is 11.4. The summed E-state index contributed by atoms with van der Waals surface area (Å²) in [5, 5.41) is 0. The minimum atomic E-state index is 0.523. The fraction of sp³-hybridized carbons (Fsp3) is 0.259. The van der Waals surface area contributed by atoms with Crippen LogP contribution in [0.15, 0.2) is 75.8 Å². The lowest BCUT2D eigenvalue weighted by molar-refractivity contribution is 0.358. The highest BCUT2D eigenvalue weighted by Gasteiger charge is 2.23. The molecule has 2 aromatic heterocycles. The number of halogens is 1. The highest BCUT2D eigenvalue weighted by molar-refractivity contribution is 9.10. The van der Waals surface area contributed by atoms with Crippen molar-refractivity contribution in [2.24, 2.45) is 0 Å². The summed E-state index contributed by atoms with van der Waals surface area (Å²) in [4.78, 5) is 9.65. The van der Waals surface area contributed by atoms with E-state index in [1.807, 2.05) is 24.3 Å². The molecule has 2 aromatic carbocycles. The zero-order valence-corrected chi connectivity index (χ0v) is 19.4. The van der Waals surface area contributed by atoms with Crippen LogP contribution in [0.4, 0.5) is 0 Å². The third-order valence-corrected chi connectivity index (χ3v) is 7.07. The summed E-state index contributed by atoms with van der Waals surface area (Å²) in [5.74, 6) is 2.49. The van der Waals surface area contributed by atoms with Crippen LogP contribution in [0.2, 0.25) is 0 Å². The Kier molecular flexibility index (Phi) is 5.07. The Balaban J connectivity index is 1.41. The van der Waals surface area contributed by atoms with Gasteiger partial charge in [-0.1, -0.05) is 65.6 Å². The Morgan fingerprint density at radius 2 is 1.78 bits per heavy atom. The van der Waals surface area contributed by atoms with Crippen molar-refractivity contribution < 1.29 is 4.42 Å². The zero-order valence-electron chi connectivity index (χ0n) is 17.8. The Bertz CT molecular complexity index is 1340. The van der Waals surface area contributed by atoms with Crippen LogP contribution in [0.1, 0.15) is 50.4 Å². The van der Waals surface area contributed by atoms with E-state index in [1.54, 1.807) is 6.20 Å². The predicted octanol–water partition coefficient (Wildman–Crippen LogP) is 7.97. The maximum atomic E-state index is 6.11. The molecule has 0 atom stereocenters. The molecule has 0 radical (unpaired) electrons. The van der Waals surface area contributed by atoms with Crippen molar-refractivity contribution in [3.8, 4) is 22.8 Å². The zero-order chi connectivity index (χ0) is 21.5. The number of aromatic nitrogens is 3. The molecule has 2 heterocycles. The second kappa shape index (κ2) is 8.21. The summed E-state index contributed by atoms with van der Waals surface area (Å²) in [6.45, 7) is 0. The molecular weight excluding hydrogens is 462 g/mol. The van der Waals surface area contributed by atoms with Crippen LogP contribution < -0.4 is 0 Å². The van der Waals surface area contributed by atoms with Crippen molar-refractivity contribution in [1.82, 2.24) is 14.5 Å². The molecule has 4 aromatic rings. The van der Waals surface area contributed by atoms with Gasteiger partial charge in [-0.05, 0) is 49.6 Å². The number of rotatable bonds is 4. The fourth-order valence-corrected chi connectivity index (χ4v) is 5.19. The second-order valence-electron chi connectivity index (χ2n) is 8.63. The summed E-state index contributed by atoms with van der Waals surface area (Å²) in [6.07, 6.45) is 15.9. The van der Waals surface area contributed by atoms with E-state index in [0.29, 0.717) is 11.9 Å². The van der Waals surface area contributed by atoms with Gasteiger partial charge < -0.3 is 8.98 Å². The maximum absolute atomic E-state index is 6.11. The van der Waals surface area contributed by atoms with Gasteiger partial charge >= 0.3 is 0 Å². The average Bonchev–Trinajstić information content (AvgIpc) is 3.59. The monoisotopic (exact) mass is 485 g/mol. The van der Waals surface area contributed by atoms with Crippen molar-refractivity contribution in [2.45, 2.75) is 44.6 Å². The summed E-state index contributed by atoms with van der Waals surface area (Å²) >= 11 is 3.48. The highest BCUT2D eigenvalue weighted by atomic mass is 79.9. The number of benzene rings is 2. The third kappa shape index (κ3) is 3.55. The van der Waals surface area contributed by atoms with Gasteiger partial charge in [0.05, 0.1) is 17.2 Å². The van der Waals surface area contributed by atoms with E-state index >= 15 is 0 Å². The van der Waals surface area contributed by atoms with Gasteiger partial charge in [0.1, 0.15) is 5.82 Å². The lowest BCUT2D eigenvalue weighted by Crippen LogP contribution is -2.15. The molecule has 2 aliphatic carbocycles. The predicted molar refractivity (Wildman–Crippen MR) is 132 cm³/mol. The van der Waals surface area contributed by atoms with E-state index < -0.39 is 0 Å². The SMILES string of the molecule is Brc1ccc(-c2cnc(-c3ccc4c(c3)nc(C3=CCC=C3)n4C3CCCCC3)o2)cc1. The largest absolute Gasteiger partial charge is 0.436 e. The molecule has 0 amide bonds. The Morgan fingerprint density at radius 3 is 2.56 bits per heavy atom. The molecular formula is C27H24BrN3O. The quantitative estimate of drug-likeness (QED) is 0.294. The van der Waals surface area contributed by atoms with Crippen LogP contribution in [0.5, 0.6) is 0 Å². The Labute approximate surface area is 195 Å². The molecule has 2 aliphatic rings. The Hall–Kier alpha value is -2.92. The smallest absolute Gasteiger partial charge is 0.226 e. The van der Waals surface area contributed by atoms with Crippen molar-refractivity contribution in [3.05, 3.63) is 77.2 Å². The van der Waals surface area contributed by atoms with Gasteiger partial charge in [0.2, 0.25) is 5.89 Å². The van der Waals surface area contributed by atoms with E-state index in [2.05, 4.69) is 61.9 Å². The van der Waals surface area contributed by atoms with Crippen molar-refractivity contribution in [2.75, 3.05) is 0 Å². The molecule has 32 heavy (non-hydrogen) atoms. The second-order valence-corrected chi connectivity index (χ2v) is 9.55. The minimum absolute atomic E-state index is 0.523. The van der Waals surface area contributed by atoms with E-state index in [9.17, 15) is 0 Å². The molecule has 0 bridgehead atoms. The molecule has 5 heteroatoms. The number of hydrogen-bond acceptors (Lipinski definition) is 3. The summed E-state index contributed by atoms with van der Waals surface area (Å²) in [6, 6.07) is 15.0. The number of oxazole rings is 1. The molecule has 6 rings (SSSR count). The minimum Gasteiger partial charge on any atom is -0.436 e. The lowest BCUT2D eigenvalue weighted by Gasteiger charge is -2.25. The maximum Gasteiger partial charge on any atom is 0.226 e. The first kappa shape index (κ1) is 19.7. The normalized spacial score (nSPS) is 16.7. The third-order valence-electron chi connectivity index (χ3n) is 6.54. The molecule has 160 valence electrons. The van der Waals surface area contributed by atoms with E-state index in [1.165, 1.54) is 43.2 Å². The number of nitrogens with zero attached hydrogens (tertiary/aromatic N) is 3. The van der Waals surface area contributed by atoms with Gasteiger partial charge in [-0.2, -0.15) is 0 Å². The lowest BCUT2D eigenvalue weighted by atomic mass is 9.95. The van der Waals surface area contributed by atoms with Gasteiger partial charge in [0, 0.05) is 27.2 Å². The molecule has 0 saturated heterocycles. The van der Waals surface area contributed by atoms with Gasteiger partial charge in [-0.15, -0.1) is 0 Å². The van der Waals surface area contributed by atoms with Crippen LogP contribution in [-0.2, 0) is 0 Å². The standard InChI is InChI=1S/C27H24BrN3O/c28-21-13-10-18(11-14-21)25-17-29-27(32-25)20-12-15-24-23(16-20)30-26(19-6-4-5-7-19)31(24)22-8-2-1-3-9-22/h4,6-7,10-17,22H,1-3,5,8-9H2. The summed E-state index contributed by atoms with van der Waals surface area (Å²) in [5.41, 5.74) is 5.42. The number of imidazole rings is 1. The van der Waals surface area contributed by atoms with Crippen LogP contribution in [0.25, 0.3) is 39.4 Å². The number of allylic oxidation sites excluding steroid dienone is 4. The Morgan fingerprint density at radius 1 is 0.969 bits per heavy atom. The molecule has 0 N–H and O–H groups in total. The molecule has 1 saturated carbocycles. The first-order chi connectivity index (χ1) is 15.8. The van der Waals surface area contributed by atoms with Crippen molar-refractivity contribution in [3.63, 3.8) is 0 Å². The van der Waals surface area contributed by atoms with Crippen LogP contribution in [0, 0.1) is 0 Å².